The molecule has 0 atom stereocenters. The van der Waals surface area contributed by atoms with Crippen LogP contribution < -0.4 is 10.6 Å². The highest BCUT2D eigenvalue weighted by Crippen LogP contribution is 2.18. The van der Waals surface area contributed by atoms with Gasteiger partial charge in [-0.25, -0.2) is 4.79 Å². The van der Waals surface area contributed by atoms with Gasteiger partial charge in [-0.1, -0.05) is 75.5 Å². The highest BCUT2D eigenvalue weighted by molar-refractivity contribution is 6.30. The van der Waals surface area contributed by atoms with Gasteiger partial charge in [0, 0.05) is 16.8 Å². The third kappa shape index (κ3) is 7.74. The lowest BCUT2D eigenvalue weighted by molar-refractivity contribution is 0.246. The van der Waals surface area contributed by atoms with Crippen molar-refractivity contribution in [3.8, 4) is 0 Å². The van der Waals surface area contributed by atoms with E-state index in [2.05, 4.69) is 10.6 Å². The number of anilines is 1. The van der Waals surface area contributed by atoms with Gasteiger partial charge in [0.25, 0.3) is 0 Å². The zero-order valence-electron chi connectivity index (χ0n) is 14.0. The number of hydrogen-bond donors (Lipinski definition) is 2. The lowest BCUT2D eigenvalue weighted by Crippen LogP contribution is -2.38. The fraction of sp³-hybridized carbons (Fsp3) is 0.632. The first kappa shape index (κ1) is 18.1. The average Bonchev–Trinajstić information content (AvgIpc) is 2.50. The summed E-state index contributed by atoms with van der Waals surface area (Å²) in [4.78, 5) is 12.2. The molecule has 0 aromatic heterocycles. The van der Waals surface area contributed by atoms with Crippen LogP contribution in [0.4, 0.5) is 10.5 Å². The van der Waals surface area contributed by atoms with Crippen LogP contribution in [0, 0.1) is 0 Å². The number of rotatable bonds is 2. The molecule has 4 heteroatoms. The molecule has 3 nitrogen and oxygen atoms in total. The Hall–Kier alpha value is -1.22. The zero-order valence-corrected chi connectivity index (χ0v) is 14.7. The molecule has 0 heterocycles. The second-order valence-electron chi connectivity index (χ2n) is 6.57. The van der Waals surface area contributed by atoms with Crippen molar-refractivity contribution in [1.29, 1.82) is 0 Å². The van der Waals surface area contributed by atoms with Gasteiger partial charge in [-0.05, 0) is 31.0 Å². The Morgan fingerprint density at radius 2 is 1.48 bits per heavy atom. The lowest BCUT2D eigenvalue weighted by atomic mass is 9.98. The summed E-state index contributed by atoms with van der Waals surface area (Å²) in [6.07, 6.45) is 14.0. The third-order valence-electron chi connectivity index (χ3n) is 4.52. The highest BCUT2D eigenvalue weighted by Gasteiger charge is 2.12. The molecule has 0 aliphatic heterocycles. The van der Waals surface area contributed by atoms with Crippen LogP contribution in [0.15, 0.2) is 24.3 Å². The molecule has 2 rings (SSSR count). The smallest absolute Gasteiger partial charge is 0.319 e. The number of benzene rings is 1. The Balaban J connectivity index is 1.80. The molecule has 1 aliphatic carbocycles. The number of carbonyl (C=O) groups excluding carboxylic acids is 1. The molecule has 0 spiro atoms. The maximum Gasteiger partial charge on any atom is 0.319 e. The van der Waals surface area contributed by atoms with Crippen molar-refractivity contribution in [1.82, 2.24) is 5.32 Å². The zero-order chi connectivity index (χ0) is 16.3. The van der Waals surface area contributed by atoms with Gasteiger partial charge >= 0.3 is 6.03 Å². The fourth-order valence-corrected chi connectivity index (χ4v) is 3.42. The summed E-state index contributed by atoms with van der Waals surface area (Å²) in [6.45, 7) is 0. The molecule has 128 valence electrons. The average molecular weight is 337 g/mol. The Kier molecular flexibility index (Phi) is 8.30. The Labute approximate surface area is 145 Å². The van der Waals surface area contributed by atoms with Crippen LogP contribution in [-0.4, -0.2) is 12.1 Å². The van der Waals surface area contributed by atoms with Crippen molar-refractivity contribution < 1.29 is 4.79 Å². The molecule has 1 aromatic rings. The minimum Gasteiger partial charge on any atom is -0.335 e. The number of halogens is 1. The number of nitrogens with one attached hydrogen (secondary N) is 2. The standard InChI is InChI=1S/C19H29ClN2O/c20-16-11-10-14-18(15-16)22-19(23)21-17-12-8-6-4-2-1-3-5-7-9-13-17/h10-11,14-15,17H,1-9,12-13H2,(H2,21,22,23). The van der Waals surface area contributed by atoms with Gasteiger partial charge in [0.05, 0.1) is 0 Å². The number of urea groups is 1. The molecule has 0 radical (unpaired) electrons. The lowest BCUT2D eigenvalue weighted by Gasteiger charge is -2.20. The Morgan fingerprint density at radius 1 is 0.913 bits per heavy atom. The Morgan fingerprint density at radius 3 is 2.04 bits per heavy atom. The maximum atomic E-state index is 12.2. The van der Waals surface area contributed by atoms with E-state index in [1.165, 1.54) is 57.8 Å². The van der Waals surface area contributed by atoms with Crippen LogP contribution in [0.1, 0.15) is 70.6 Å². The molecule has 2 amide bonds. The quantitative estimate of drug-likeness (QED) is 0.669. The van der Waals surface area contributed by atoms with Gasteiger partial charge in [0.15, 0.2) is 0 Å². The van der Waals surface area contributed by atoms with Gasteiger partial charge in [0.2, 0.25) is 0 Å². The normalized spacial score (nSPS) is 18.5. The van der Waals surface area contributed by atoms with Crippen molar-refractivity contribution in [2.75, 3.05) is 5.32 Å². The summed E-state index contributed by atoms with van der Waals surface area (Å²) in [5.41, 5.74) is 0.739. The van der Waals surface area contributed by atoms with Crippen LogP contribution in [0.2, 0.25) is 5.02 Å². The topological polar surface area (TPSA) is 41.1 Å². The van der Waals surface area contributed by atoms with Gasteiger partial charge in [-0.15, -0.1) is 0 Å². The van der Waals surface area contributed by atoms with E-state index < -0.39 is 0 Å². The molecule has 0 saturated heterocycles. The monoisotopic (exact) mass is 336 g/mol. The minimum absolute atomic E-state index is 0.121. The summed E-state index contributed by atoms with van der Waals surface area (Å²) in [5.74, 6) is 0. The molecule has 1 saturated carbocycles. The van der Waals surface area contributed by atoms with Crippen LogP contribution in [-0.2, 0) is 0 Å². The SMILES string of the molecule is O=C(Nc1cccc(Cl)c1)NC1CCCCCCCCCCC1. The summed E-state index contributed by atoms with van der Waals surface area (Å²) < 4.78 is 0. The van der Waals surface area contributed by atoms with E-state index >= 15 is 0 Å². The van der Waals surface area contributed by atoms with Crippen LogP contribution >= 0.6 is 11.6 Å². The summed E-state index contributed by atoms with van der Waals surface area (Å²) >= 11 is 5.95. The minimum atomic E-state index is -0.121. The largest absolute Gasteiger partial charge is 0.335 e. The van der Waals surface area contributed by atoms with E-state index in [1.807, 2.05) is 12.1 Å². The molecule has 1 aromatic carbocycles. The second-order valence-corrected chi connectivity index (χ2v) is 7.00. The van der Waals surface area contributed by atoms with Crippen molar-refractivity contribution in [3.05, 3.63) is 29.3 Å². The first-order valence-corrected chi connectivity index (χ1v) is 9.45. The molecule has 1 aliphatic rings. The molecular weight excluding hydrogens is 308 g/mol. The first-order valence-electron chi connectivity index (χ1n) is 9.07. The van der Waals surface area contributed by atoms with E-state index in [0.29, 0.717) is 5.02 Å². The van der Waals surface area contributed by atoms with Gasteiger partial charge in [-0.2, -0.15) is 0 Å². The van der Waals surface area contributed by atoms with E-state index in [1.54, 1.807) is 12.1 Å². The van der Waals surface area contributed by atoms with Gasteiger partial charge in [0.1, 0.15) is 0 Å². The summed E-state index contributed by atoms with van der Waals surface area (Å²) in [5, 5.41) is 6.66. The second kappa shape index (κ2) is 10.5. The summed E-state index contributed by atoms with van der Waals surface area (Å²) in [7, 11) is 0. The van der Waals surface area contributed by atoms with E-state index in [0.717, 1.165) is 18.5 Å². The fourth-order valence-electron chi connectivity index (χ4n) is 3.23. The highest BCUT2D eigenvalue weighted by atomic mass is 35.5. The third-order valence-corrected chi connectivity index (χ3v) is 4.76. The predicted octanol–water partition coefficient (Wildman–Crippen LogP) is 6.13. The molecule has 1 fully saturated rings. The Bertz CT molecular complexity index is 466. The van der Waals surface area contributed by atoms with Crippen molar-refractivity contribution in [2.24, 2.45) is 0 Å². The van der Waals surface area contributed by atoms with Crippen molar-refractivity contribution in [3.63, 3.8) is 0 Å². The first-order chi connectivity index (χ1) is 11.2. The van der Waals surface area contributed by atoms with Gasteiger partial charge in [-0.3, -0.25) is 0 Å². The van der Waals surface area contributed by atoms with Crippen molar-refractivity contribution >= 4 is 23.3 Å². The van der Waals surface area contributed by atoms with E-state index in [9.17, 15) is 4.79 Å². The molecular formula is C19H29ClN2O. The number of hydrogen-bond acceptors (Lipinski definition) is 1. The van der Waals surface area contributed by atoms with E-state index in [4.69, 9.17) is 11.6 Å². The van der Waals surface area contributed by atoms with E-state index in [-0.39, 0.29) is 12.1 Å². The van der Waals surface area contributed by atoms with Crippen LogP contribution in [0.3, 0.4) is 0 Å². The van der Waals surface area contributed by atoms with Crippen LogP contribution in [0.25, 0.3) is 0 Å². The van der Waals surface area contributed by atoms with Crippen molar-refractivity contribution in [2.45, 2.75) is 76.7 Å². The molecule has 23 heavy (non-hydrogen) atoms. The molecule has 2 N–H and O–H groups in total. The number of amides is 2. The predicted molar refractivity (Wildman–Crippen MR) is 98.2 cm³/mol. The molecule has 0 unspecified atom stereocenters. The number of carbonyl (C=O) groups is 1. The molecule has 0 bridgehead atoms. The maximum absolute atomic E-state index is 12.2. The summed E-state index contributed by atoms with van der Waals surface area (Å²) in [6, 6.07) is 7.43. The van der Waals surface area contributed by atoms with Crippen LogP contribution in [0.5, 0.6) is 0 Å². The van der Waals surface area contributed by atoms with Gasteiger partial charge < -0.3 is 10.6 Å².